The molecule has 0 amide bonds. The van der Waals surface area contributed by atoms with Crippen LogP contribution >= 0.6 is 8.60 Å². The summed E-state index contributed by atoms with van der Waals surface area (Å²) in [6, 6.07) is 0. The van der Waals surface area contributed by atoms with Gasteiger partial charge in [0.25, 0.3) is 0 Å². The van der Waals surface area contributed by atoms with Crippen LogP contribution in [0.1, 0.15) is 64.7 Å². The quantitative estimate of drug-likeness (QED) is 0.400. The monoisotopic (exact) mass is 348 g/mol. The van der Waals surface area contributed by atoms with Gasteiger partial charge in [-0.25, -0.2) is 0 Å². The van der Waals surface area contributed by atoms with Crippen molar-refractivity contribution < 1.29 is 23.4 Å². The molecule has 3 heterocycles. The van der Waals surface area contributed by atoms with Gasteiger partial charge in [0.1, 0.15) is 0 Å². The van der Waals surface area contributed by atoms with Crippen LogP contribution in [-0.4, -0.2) is 44.2 Å². The van der Waals surface area contributed by atoms with Crippen LogP contribution in [0.5, 0.6) is 0 Å². The Bertz CT molecular complexity index is 294. The summed E-state index contributed by atoms with van der Waals surface area (Å²) < 4.78 is 22.0. The summed E-state index contributed by atoms with van der Waals surface area (Å²) >= 11 is 0. The first-order valence-corrected chi connectivity index (χ1v) is 10.3. The molecule has 0 radical (unpaired) electrons. The van der Waals surface area contributed by atoms with Gasteiger partial charge in [0, 0.05) is 0 Å². The Balaban J connectivity index is 1.42. The van der Waals surface area contributed by atoms with Gasteiger partial charge in [-0.1, -0.05) is 58.3 Å². The number of aliphatic hydroxyl groups excluding tert-OH is 1. The Morgan fingerprint density at radius 1 is 0.957 bits per heavy atom. The van der Waals surface area contributed by atoms with Gasteiger partial charge in [-0.05, 0) is 6.42 Å². The minimum Gasteiger partial charge on any atom is -0.391 e. The van der Waals surface area contributed by atoms with E-state index < -0.39 is 8.60 Å². The molecule has 2 bridgehead atoms. The molecule has 0 aromatic heterocycles. The molecule has 6 heteroatoms. The number of rotatable bonds is 13. The van der Waals surface area contributed by atoms with Crippen LogP contribution in [0.2, 0.25) is 0 Å². The summed E-state index contributed by atoms with van der Waals surface area (Å²) in [5.74, 6) is 0. The van der Waals surface area contributed by atoms with Gasteiger partial charge >= 0.3 is 8.60 Å². The van der Waals surface area contributed by atoms with E-state index in [2.05, 4.69) is 6.92 Å². The van der Waals surface area contributed by atoms with Gasteiger partial charge < -0.3 is 23.4 Å². The van der Waals surface area contributed by atoms with Gasteiger partial charge in [-0.3, -0.25) is 0 Å². The molecule has 5 nitrogen and oxygen atoms in total. The zero-order valence-electron chi connectivity index (χ0n) is 14.5. The second-order valence-electron chi connectivity index (χ2n) is 6.98. The zero-order valence-corrected chi connectivity index (χ0v) is 15.4. The van der Waals surface area contributed by atoms with E-state index >= 15 is 0 Å². The number of fused-ring (bicyclic) bond motifs is 3. The van der Waals surface area contributed by atoms with E-state index in [1.165, 1.54) is 44.9 Å². The lowest BCUT2D eigenvalue weighted by Gasteiger charge is -2.43. The van der Waals surface area contributed by atoms with Gasteiger partial charge in [-0.15, -0.1) is 0 Å². The summed E-state index contributed by atoms with van der Waals surface area (Å²) in [5, 5.41) is 10.0. The first kappa shape index (κ1) is 19.6. The number of hydrogen-bond donors (Lipinski definition) is 1. The summed E-state index contributed by atoms with van der Waals surface area (Å²) in [4.78, 5) is 0. The summed E-state index contributed by atoms with van der Waals surface area (Å²) in [5.41, 5.74) is -0.171. The lowest BCUT2D eigenvalue weighted by atomic mass is 9.92. The Morgan fingerprint density at radius 2 is 1.52 bits per heavy atom. The lowest BCUT2D eigenvalue weighted by molar-refractivity contribution is -0.118. The second kappa shape index (κ2) is 11.0. The lowest BCUT2D eigenvalue weighted by Crippen LogP contribution is -2.47. The van der Waals surface area contributed by atoms with Crippen molar-refractivity contribution in [3.05, 3.63) is 0 Å². The number of aliphatic hydroxyl groups is 1. The smallest absolute Gasteiger partial charge is 0.332 e. The Hall–Kier alpha value is 0.230. The van der Waals surface area contributed by atoms with Crippen molar-refractivity contribution in [2.75, 3.05) is 33.0 Å². The standard InChI is InChI=1S/C17H33O5P/c1-2-3-4-5-6-7-8-9-10-16(18)11-19-12-17-13-20-23(21-14-17)22-15-17/h16,18H,2-15H2,1H3. The van der Waals surface area contributed by atoms with E-state index in [0.29, 0.717) is 33.0 Å². The predicted octanol–water partition coefficient (Wildman–Crippen LogP) is 4.19. The molecule has 0 aromatic carbocycles. The summed E-state index contributed by atoms with van der Waals surface area (Å²) in [6.45, 7) is 5.11. The van der Waals surface area contributed by atoms with Crippen LogP contribution in [0.15, 0.2) is 0 Å². The van der Waals surface area contributed by atoms with Crippen LogP contribution in [0, 0.1) is 5.41 Å². The zero-order chi connectivity index (χ0) is 16.4. The molecular formula is C17H33O5P. The largest absolute Gasteiger partial charge is 0.391 e. The molecule has 3 fully saturated rings. The molecule has 0 aliphatic carbocycles. The Labute approximate surface area is 142 Å². The molecule has 3 aliphatic heterocycles. The number of ether oxygens (including phenoxy) is 1. The third-order valence-corrected chi connectivity index (χ3v) is 5.56. The van der Waals surface area contributed by atoms with E-state index in [1.807, 2.05) is 0 Å². The third kappa shape index (κ3) is 7.33. The van der Waals surface area contributed by atoms with Crippen molar-refractivity contribution in [2.45, 2.75) is 70.8 Å². The molecule has 1 N–H and O–H groups in total. The van der Waals surface area contributed by atoms with Crippen molar-refractivity contribution >= 4 is 8.60 Å². The molecule has 0 spiro atoms. The molecule has 0 aromatic rings. The molecule has 1 unspecified atom stereocenters. The van der Waals surface area contributed by atoms with Gasteiger partial charge in [-0.2, -0.15) is 0 Å². The molecule has 1 atom stereocenters. The SMILES string of the molecule is CCCCCCCCCCC(O)COCC12COP(OC1)OC2. The van der Waals surface area contributed by atoms with Crippen LogP contribution < -0.4 is 0 Å². The van der Waals surface area contributed by atoms with E-state index in [4.69, 9.17) is 18.3 Å². The minimum atomic E-state index is -1.08. The van der Waals surface area contributed by atoms with Crippen molar-refractivity contribution in [3.63, 3.8) is 0 Å². The maximum absolute atomic E-state index is 10.0. The van der Waals surface area contributed by atoms with Gasteiger partial charge in [0.2, 0.25) is 0 Å². The fourth-order valence-electron chi connectivity index (χ4n) is 2.94. The summed E-state index contributed by atoms with van der Waals surface area (Å²) in [7, 11) is -1.08. The highest BCUT2D eigenvalue weighted by atomic mass is 31.2. The van der Waals surface area contributed by atoms with Crippen molar-refractivity contribution in [1.29, 1.82) is 0 Å². The van der Waals surface area contributed by atoms with Crippen LogP contribution in [0.3, 0.4) is 0 Å². The van der Waals surface area contributed by atoms with Crippen LogP contribution in [-0.2, 0) is 18.3 Å². The average molecular weight is 348 g/mol. The maximum atomic E-state index is 10.0. The van der Waals surface area contributed by atoms with E-state index in [9.17, 15) is 5.11 Å². The van der Waals surface area contributed by atoms with Crippen molar-refractivity contribution in [3.8, 4) is 0 Å². The van der Waals surface area contributed by atoms with E-state index in [-0.39, 0.29) is 11.5 Å². The molecular weight excluding hydrogens is 315 g/mol. The van der Waals surface area contributed by atoms with Gasteiger partial charge in [0.15, 0.2) is 0 Å². The van der Waals surface area contributed by atoms with Crippen LogP contribution in [0.25, 0.3) is 0 Å². The number of unbranched alkanes of at least 4 members (excludes halogenated alkanes) is 7. The van der Waals surface area contributed by atoms with Crippen molar-refractivity contribution in [1.82, 2.24) is 0 Å². The molecule has 3 saturated heterocycles. The molecule has 23 heavy (non-hydrogen) atoms. The first-order valence-electron chi connectivity index (χ1n) is 9.19. The Morgan fingerprint density at radius 3 is 2.13 bits per heavy atom. The van der Waals surface area contributed by atoms with E-state index in [1.54, 1.807) is 0 Å². The highest BCUT2D eigenvalue weighted by Crippen LogP contribution is 2.53. The highest BCUT2D eigenvalue weighted by Gasteiger charge is 2.45. The van der Waals surface area contributed by atoms with Gasteiger partial charge in [0.05, 0.1) is 44.6 Å². The normalized spacial score (nSPS) is 28.2. The second-order valence-corrected chi connectivity index (χ2v) is 8.20. The Kier molecular flexibility index (Phi) is 9.32. The fourth-order valence-corrected chi connectivity index (χ4v) is 4.30. The molecule has 3 aliphatic rings. The average Bonchev–Trinajstić information content (AvgIpc) is 2.59. The predicted molar refractivity (Wildman–Crippen MR) is 91.3 cm³/mol. The molecule has 3 rings (SSSR count). The van der Waals surface area contributed by atoms with E-state index in [0.717, 1.165) is 12.8 Å². The minimum absolute atomic E-state index is 0.171. The van der Waals surface area contributed by atoms with Crippen LogP contribution in [0.4, 0.5) is 0 Å². The highest BCUT2D eigenvalue weighted by molar-refractivity contribution is 7.41. The molecule has 136 valence electrons. The number of hydrogen-bond acceptors (Lipinski definition) is 5. The fraction of sp³-hybridized carbons (Fsp3) is 1.00. The third-order valence-electron chi connectivity index (χ3n) is 4.54. The topological polar surface area (TPSA) is 57.2 Å². The first-order chi connectivity index (χ1) is 11.2. The van der Waals surface area contributed by atoms with Crippen molar-refractivity contribution in [2.24, 2.45) is 5.41 Å². The maximum Gasteiger partial charge on any atom is 0.332 e. The summed E-state index contributed by atoms with van der Waals surface area (Å²) in [6.07, 6.45) is 10.8. The molecule has 0 saturated carbocycles.